The van der Waals surface area contributed by atoms with Crippen LogP contribution in [0.5, 0.6) is 5.75 Å². The van der Waals surface area contributed by atoms with Crippen molar-refractivity contribution in [3.8, 4) is 5.75 Å². The minimum absolute atomic E-state index is 0.228. The van der Waals surface area contributed by atoms with Crippen molar-refractivity contribution < 1.29 is 14.3 Å². The first kappa shape index (κ1) is 17.4. The quantitative estimate of drug-likeness (QED) is 0.751. The van der Waals surface area contributed by atoms with Crippen LogP contribution in [0, 0.1) is 6.92 Å². The molecule has 26 heavy (non-hydrogen) atoms. The molecule has 1 aromatic carbocycles. The molecule has 2 amide bonds. The van der Waals surface area contributed by atoms with Crippen LogP contribution in [-0.4, -0.2) is 33.7 Å². The van der Waals surface area contributed by atoms with E-state index in [2.05, 4.69) is 20.7 Å². The number of carbonyl (C=O) groups excluding carboxylic acids is 2. The third-order valence-electron chi connectivity index (χ3n) is 3.85. The predicted octanol–water partition coefficient (Wildman–Crippen LogP) is 2.50. The molecular formula is C18H19N5O3. The molecule has 8 nitrogen and oxygen atoms in total. The van der Waals surface area contributed by atoms with Crippen LogP contribution in [-0.2, 0) is 11.8 Å². The minimum atomic E-state index is -0.285. The number of nitrogens with zero attached hydrogens (tertiary/aromatic N) is 3. The van der Waals surface area contributed by atoms with Crippen molar-refractivity contribution in [3.63, 3.8) is 0 Å². The number of ether oxygens (including phenoxy) is 1. The second kappa shape index (κ2) is 6.83. The second-order valence-electron chi connectivity index (χ2n) is 5.87. The summed E-state index contributed by atoms with van der Waals surface area (Å²) in [6.45, 7) is 3.23. The predicted molar refractivity (Wildman–Crippen MR) is 98.5 cm³/mol. The van der Waals surface area contributed by atoms with E-state index < -0.39 is 0 Å². The number of hydrogen-bond acceptors (Lipinski definition) is 5. The van der Waals surface area contributed by atoms with Crippen LogP contribution in [0.25, 0.3) is 11.0 Å². The Bertz CT molecular complexity index is 1010. The van der Waals surface area contributed by atoms with E-state index in [0.29, 0.717) is 33.7 Å². The summed E-state index contributed by atoms with van der Waals surface area (Å²) in [7, 11) is 3.29. The number of methoxy groups -OCH3 is 1. The van der Waals surface area contributed by atoms with E-state index >= 15 is 0 Å². The van der Waals surface area contributed by atoms with Gasteiger partial charge in [-0.3, -0.25) is 14.3 Å². The Balaban J connectivity index is 1.94. The zero-order chi connectivity index (χ0) is 18.8. The lowest BCUT2D eigenvalue weighted by Crippen LogP contribution is -2.14. The molecule has 0 atom stereocenters. The van der Waals surface area contributed by atoms with Gasteiger partial charge in [-0.2, -0.15) is 5.10 Å². The molecule has 0 aliphatic carbocycles. The zero-order valence-corrected chi connectivity index (χ0v) is 15.0. The fraction of sp³-hybridized carbons (Fsp3) is 0.222. The monoisotopic (exact) mass is 353 g/mol. The maximum atomic E-state index is 12.8. The minimum Gasteiger partial charge on any atom is -0.495 e. The molecule has 0 aliphatic heterocycles. The number of aryl methyl sites for hydroxylation is 2. The topological polar surface area (TPSA) is 98.1 Å². The molecule has 2 N–H and O–H groups in total. The summed E-state index contributed by atoms with van der Waals surface area (Å²) in [6, 6.07) is 6.75. The maximum Gasteiger partial charge on any atom is 0.256 e. The van der Waals surface area contributed by atoms with E-state index in [1.54, 1.807) is 42.2 Å². The van der Waals surface area contributed by atoms with Crippen molar-refractivity contribution in [2.24, 2.45) is 7.05 Å². The highest BCUT2D eigenvalue weighted by Gasteiger charge is 2.16. The molecule has 0 radical (unpaired) electrons. The Labute approximate surface area is 150 Å². The molecule has 0 saturated carbocycles. The number of pyridine rings is 1. The normalized spacial score (nSPS) is 10.6. The second-order valence-corrected chi connectivity index (χ2v) is 5.87. The number of carbonyl (C=O) groups is 2. The highest BCUT2D eigenvalue weighted by atomic mass is 16.5. The molecule has 0 aliphatic rings. The molecule has 3 aromatic rings. The number of rotatable bonds is 4. The van der Waals surface area contributed by atoms with Gasteiger partial charge in [-0.1, -0.05) is 0 Å². The van der Waals surface area contributed by atoms with Gasteiger partial charge < -0.3 is 15.4 Å². The van der Waals surface area contributed by atoms with Crippen molar-refractivity contribution in [1.29, 1.82) is 0 Å². The summed E-state index contributed by atoms with van der Waals surface area (Å²) in [5, 5.41) is 10.4. The average molecular weight is 353 g/mol. The lowest BCUT2D eigenvalue weighted by Gasteiger charge is -2.12. The van der Waals surface area contributed by atoms with Crippen LogP contribution in [0.15, 0.2) is 30.5 Å². The molecule has 2 heterocycles. The van der Waals surface area contributed by atoms with Crippen LogP contribution < -0.4 is 15.4 Å². The molecule has 0 saturated heterocycles. The van der Waals surface area contributed by atoms with Crippen molar-refractivity contribution in [2.45, 2.75) is 13.8 Å². The Hall–Kier alpha value is -3.42. The summed E-state index contributed by atoms with van der Waals surface area (Å²) in [4.78, 5) is 28.5. The van der Waals surface area contributed by atoms with Crippen LogP contribution in [0.3, 0.4) is 0 Å². The van der Waals surface area contributed by atoms with Gasteiger partial charge in [0.05, 0.1) is 29.9 Å². The number of benzene rings is 1. The van der Waals surface area contributed by atoms with Gasteiger partial charge >= 0.3 is 0 Å². The molecule has 2 aromatic heterocycles. The largest absolute Gasteiger partial charge is 0.495 e. The number of nitrogens with one attached hydrogen (secondary N) is 2. The van der Waals surface area contributed by atoms with Gasteiger partial charge in [0.1, 0.15) is 5.75 Å². The highest BCUT2D eigenvalue weighted by Crippen LogP contribution is 2.28. The Morgan fingerprint density at radius 2 is 1.96 bits per heavy atom. The van der Waals surface area contributed by atoms with Crippen LogP contribution in [0.1, 0.15) is 23.0 Å². The van der Waals surface area contributed by atoms with Crippen molar-refractivity contribution in [3.05, 3.63) is 41.7 Å². The summed E-state index contributed by atoms with van der Waals surface area (Å²) in [5.41, 5.74) is 2.86. The number of anilines is 2. The van der Waals surface area contributed by atoms with Crippen molar-refractivity contribution in [1.82, 2.24) is 14.8 Å². The SMILES string of the molecule is COc1ccc(NC(=O)c2cc(C)nc3c2cnn3C)cc1NC(C)=O. The molecule has 134 valence electrons. The standard InChI is InChI=1S/C18H19N5O3/c1-10-7-13(14-9-19-23(3)17(14)20-10)18(25)22-12-5-6-16(26-4)15(8-12)21-11(2)24/h5-9H,1-4H3,(H,21,24)(H,22,25). The number of aromatic nitrogens is 3. The lowest BCUT2D eigenvalue weighted by atomic mass is 10.1. The van der Waals surface area contributed by atoms with E-state index in [9.17, 15) is 9.59 Å². The van der Waals surface area contributed by atoms with E-state index in [1.807, 2.05) is 6.92 Å². The third kappa shape index (κ3) is 3.34. The third-order valence-corrected chi connectivity index (χ3v) is 3.85. The van der Waals surface area contributed by atoms with Gasteiger partial charge in [-0.25, -0.2) is 4.98 Å². The Morgan fingerprint density at radius 1 is 1.19 bits per heavy atom. The molecule has 0 bridgehead atoms. The molecule has 0 fully saturated rings. The van der Waals surface area contributed by atoms with Gasteiger partial charge in [0.2, 0.25) is 5.91 Å². The zero-order valence-electron chi connectivity index (χ0n) is 15.0. The van der Waals surface area contributed by atoms with Crippen LogP contribution in [0.2, 0.25) is 0 Å². The highest BCUT2D eigenvalue weighted by molar-refractivity contribution is 6.12. The van der Waals surface area contributed by atoms with Gasteiger partial charge in [-0.05, 0) is 31.2 Å². The van der Waals surface area contributed by atoms with E-state index in [0.717, 1.165) is 5.69 Å². The van der Waals surface area contributed by atoms with Gasteiger partial charge in [0.15, 0.2) is 5.65 Å². The first-order valence-electron chi connectivity index (χ1n) is 7.95. The van der Waals surface area contributed by atoms with Crippen molar-refractivity contribution >= 4 is 34.2 Å². The maximum absolute atomic E-state index is 12.8. The molecule has 0 spiro atoms. The molecular weight excluding hydrogens is 334 g/mol. The molecule has 8 heteroatoms. The first-order chi connectivity index (χ1) is 12.4. The number of fused-ring (bicyclic) bond motifs is 1. The van der Waals surface area contributed by atoms with Gasteiger partial charge in [0.25, 0.3) is 5.91 Å². The average Bonchev–Trinajstić information content (AvgIpc) is 2.95. The van der Waals surface area contributed by atoms with Gasteiger partial charge in [0, 0.05) is 25.4 Å². The van der Waals surface area contributed by atoms with Gasteiger partial charge in [-0.15, -0.1) is 0 Å². The summed E-state index contributed by atoms with van der Waals surface area (Å²) >= 11 is 0. The number of amides is 2. The van der Waals surface area contributed by atoms with Crippen LogP contribution in [0.4, 0.5) is 11.4 Å². The fourth-order valence-corrected chi connectivity index (χ4v) is 2.70. The Morgan fingerprint density at radius 3 is 2.65 bits per heavy atom. The summed E-state index contributed by atoms with van der Waals surface area (Å²) in [6.07, 6.45) is 1.62. The van der Waals surface area contributed by atoms with E-state index in [1.165, 1.54) is 14.0 Å². The lowest BCUT2D eigenvalue weighted by molar-refractivity contribution is -0.114. The summed E-state index contributed by atoms with van der Waals surface area (Å²) in [5.74, 6) is -0.00588. The summed E-state index contributed by atoms with van der Waals surface area (Å²) < 4.78 is 6.85. The molecule has 0 unspecified atom stereocenters. The fourth-order valence-electron chi connectivity index (χ4n) is 2.70. The first-order valence-corrected chi connectivity index (χ1v) is 7.95. The van der Waals surface area contributed by atoms with Crippen molar-refractivity contribution in [2.75, 3.05) is 17.7 Å². The Kier molecular flexibility index (Phi) is 4.57. The van der Waals surface area contributed by atoms with E-state index in [4.69, 9.17) is 4.74 Å². The molecule has 3 rings (SSSR count). The van der Waals surface area contributed by atoms with E-state index in [-0.39, 0.29) is 11.8 Å². The number of hydrogen-bond donors (Lipinski definition) is 2. The smallest absolute Gasteiger partial charge is 0.256 e. The van der Waals surface area contributed by atoms with Crippen LogP contribution >= 0.6 is 0 Å².